The van der Waals surface area contributed by atoms with Crippen LogP contribution >= 0.6 is 11.8 Å². The summed E-state index contributed by atoms with van der Waals surface area (Å²) in [6.45, 7) is 2.06. The van der Waals surface area contributed by atoms with Gasteiger partial charge in [-0.3, -0.25) is 0 Å². The van der Waals surface area contributed by atoms with Crippen LogP contribution in [0.5, 0.6) is 0 Å². The molecule has 1 unspecified atom stereocenters. The van der Waals surface area contributed by atoms with Crippen LogP contribution in [0.2, 0.25) is 0 Å². The average molecular weight is 273 g/mol. The standard InChI is InChI=1S/C12H19NO2S2/c1-10-5-3-4-6-12(10)16-9-11(13)7-8-17(2,14)15/h3-6,11H,7-9,13H2,1-2H3. The van der Waals surface area contributed by atoms with Gasteiger partial charge in [-0.25, -0.2) is 8.42 Å². The summed E-state index contributed by atoms with van der Waals surface area (Å²) in [4.78, 5) is 1.21. The summed E-state index contributed by atoms with van der Waals surface area (Å²) in [5.41, 5.74) is 7.12. The highest BCUT2D eigenvalue weighted by molar-refractivity contribution is 7.99. The van der Waals surface area contributed by atoms with Gasteiger partial charge in [0, 0.05) is 22.9 Å². The van der Waals surface area contributed by atoms with Crippen LogP contribution in [0.25, 0.3) is 0 Å². The van der Waals surface area contributed by atoms with E-state index in [0.29, 0.717) is 6.42 Å². The van der Waals surface area contributed by atoms with Crippen molar-refractivity contribution in [2.45, 2.75) is 24.3 Å². The molecule has 0 aliphatic carbocycles. The summed E-state index contributed by atoms with van der Waals surface area (Å²) in [6, 6.07) is 8.04. The van der Waals surface area contributed by atoms with Crippen LogP contribution in [0.1, 0.15) is 12.0 Å². The minimum atomic E-state index is -2.90. The van der Waals surface area contributed by atoms with Crippen molar-refractivity contribution in [2.75, 3.05) is 17.8 Å². The zero-order valence-corrected chi connectivity index (χ0v) is 11.9. The van der Waals surface area contributed by atoms with E-state index in [4.69, 9.17) is 5.73 Å². The monoisotopic (exact) mass is 273 g/mol. The molecule has 3 nitrogen and oxygen atoms in total. The van der Waals surface area contributed by atoms with Crippen molar-refractivity contribution in [3.8, 4) is 0 Å². The van der Waals surface area contributed by atoms with Crippen LogP contribution in [0.4, 0.5) is 0 Å². The smallest absolute Gasteiger partial charge is 0.147 e. The molecule has 0 spiro atoms. The number of nitrogens with two attached hydrogens (primary N) is 1. The fraction of sp³-hybridized carbons (Fsp3) is 0.500. The summed E-state index contributed by atoms with van der Waals surface area (Å²) in [7, 11) is -2.90. The maximum Gasteiger partial charge on any atom is 0.147 e. The Labute approximate surface area is 108 Å². The molecule has 0 heterocycles. The van der Waals surface area contributed by atoms with Gasteiger partial charge in [0.15, 0.2) is 0 Å². The predicted molar refractivity (Wildman–Crippen MR) is 74.2 cm³/mol. The van der Waals surface area contributed by atoms with Crippen LogP contribution in [0.3, 0.4) is 0 Å². The van der Waals surface area contributed by atoms with Gasteiger partial charge in [0.1, 0.15) is 9.84 Å². The third-order valence-corrected chi connectivity index (χ3v) is 4.75. The van der Waals surface area contributed by atoms with E-state index in [1.807, 2.05) is 12.1 Å². The highest BCUT2D eigenvalue weighted by atomic mass is 32.2. The third kappa shape index (κ3) is 6.10. The van der Waals surface area contributed by atoms with Gasteiger partial charge in [-0.15, -0.1) is 11.8 Å². The van der Waals surface area contributed by atoms with Crippen LogP contribution in [-0.4, -0.2) is 32.2 Å². The number of hydrogen-bond acceptors (Lipinski definition) is 4. The first-order valence-electron chi connectivity index (χ1n) is 5.50. The molecule has 1 aromatic carbocycles. The molecule has 96 valence electrons. The van der Waals surface area contributed by atoms with E-state index in [2.05, 4.69) is 19.1 Å². The minimum absolute atomic E-state index is 0.0747. The van der Waals surface area contributed by atoms with Crippen LogP contribution < -0.4 is 5.73 Å². The number of benzene rings is 1. The first-order chi connectivity index (χ1) is 7.88. The molecule has 1 atom stereocenters. The average Bonchev–Trinajstić information content (AvgIpc) is 2.24. The summed E-state index contributed by atoms with van der Waals surface area (Å²) >= 11 is 1.69. The topological polar surface area (TPSA) is 60.2 Å². The number of rotatable bonds is 6. The largest absolute Gasteiger partial charge is 0.327 e. The van der Waals surface area contributed by atoms with Crippen molar-refractivity contribution in [2.24, 2.45) is 5.73 Å². The van der Waals surface area contributed by atoms with Crippen LogP contribution in [0, 0.1) is 6.92 Å². The molecule has 0 amide bonds. The first-order valence-corrected chi connectivity index (χ1v) is 8.55. The molecule has 2 N–H and O–H groups in total. The van der Waals surface area contributed by atoms with E-state index in [9.17, 15) is 8.42 Å². The fourth-order valence-electron chi connectivity index (χ4n) is 1.36. The van der Waals surface area contributed by atoms with Crippen molar-refractivity contribution in [1.82, 2.24) is 0 Å². The van der Waals surface area contributed by atoms with Crippen molar-refractivity contribution in [3.63, 3.8) is 0 Å². The molecule has 0 saturated heterocycles. The van der Waals surface area contributed by atoms with Gasteiger partial charge < -0.3 is 5.73 Å². The van der Waals surface area contributed by atoms with E-state index >= 15 is 0 Å². The van der Waals surface area contributed by atoms with Crippen molar-refractivity contribution in [1.29, 1.82) is 0 Å². The van der Waals surface area contributed by atoms with E-state index in [-0.39, 0.29) is 11.8 Å². The number of sulfone groups is 1. The van der Waals surface area contributed by atoms with Gasteiger partial charge in [0.2, 0.25) is 0 Å². The lowest BCUT2D eigenvalue weighted by atomic mass is 10.2. The fourth-order valence-corrected chi connectivity index (χ4v) is 3.13. The van der Waals surface area contributed by atoms with Crippen molar-refractivity contribution < 1.29 is 8.42 Å². The zero-order valence-electron chi connectivity index (χ0n) is 10.2. The molecule has 0 aromatic heterocycles. The summed E-state index contributed by atoms with van der Waals surface area (Å²) in [5.74, 6) is 0.920. The lowest BCUT2D eigenvalue weighted by molar-refractivity contribution is 0.594. The normalized spacial score (nSPS) is 13.6. The second kappa shape index (κ2) is 6.42. The van der Waals surface area contributed by atoms with Crippen LogP contribution in [-0.2, 0) is 9.84 Å². The quantitative estimate of drug-likeness (QED) is 0.804. The number of aryl methyl sites for hydroxylation is 1. The third-order valence-electron chi connectivity index (χ3n) is 2.41. The Morgan fingerprint density at radius 2 is 2.00 bits per heavy atom. The maximum atomic E-state index is 11.0. The summed E-state index contributed by atoms with van der Waals surface area (Å²) in [6.07, 6.45) is 1.77. The molecule has 1 aromatic rings. The molecule has 0 bridgehead atoms. The predicted octanol–water partition coefficient (Wildman–Crippen LogP) is 1.85. The second-order valence-corrected chi connectivity index (χ2v) is 7.58. The number of thioether (sulfide) groups is 1. The maximum absolute atomic E-state index is 11.0. The molecular formula is C12H19NO2S2. The Morgan fingerprint density at radius 3 is 2.59 bits per heavy atom. The Morgan fingerprint density at radius 1 is 1.35 bits per heavy atom. The molecule has 0 fully saturated rings. The minimum Gasteiger partial charge on any atom is -0.327 e. The molecule has 17 heavy (non-hydrogen) atoms. The van der Waals surface area contributed by atoms with E-state index in [1.165, 1.54) is 16.7 Å². The van der Waals surface area contributed by atoms with Gasteiger partial charge in [-0.2, -0.15) is 0 Å². The molecule has 0 saturated carbocycles. The lowest BCUT2D eigenvalue weighted by Gasteiger charge is -2.11. The lowest BCUT2D eigenvalue weighted by Crippen LogP contribution is -2.25. The van der Waals surface area contributed by atoms with Gasteiger partial charge in [0.25, 0.3) is 0 Å². The van der Waals surface area contributed by atoms with Gasteiger partial charge in [-0.1, -0.05) is 18.2 Å². The Balaban J connectivity index is 2.39. The van der Waals surface area contributed by atoms with Crippen molar-refractivity contribution in [3.05, 3.63) is 29.8 Å². The SMILES string of the molecule is Cc1ccccc1SCC(N)CCS(C)(=O)=O. The van der Waals surface area contributed by atoms with Crippen LogP contribution in [0.15, 0.2) is 29.2 Å². The Bertz CT molecular complexity index is 457. The van der Waals surface area contributed by atoms with Gasteiger partial charge in [-0.05, 0) is 25.0 Å². The number of hydrogen-bond donors (Lipinski definition) is 1. The second-order valence-electron chi connectivity index (χ2n) is 4.26. The molecule has 0 radical (unpaired) electrons. The van der Waals surface area contributed by atoms with E-state index < -0.39 is 9.84 Å². The Kier molecular flexibility index (Phi) is 5.49. The Hall–Kier alpha value is -0.520. The van der Waals surface area contributed by atoms with E-state index in [0.717, 1.165) is 5.75 Å². The molecule has 1 rings (SSSR count). The summed E-state index contributed by atoms with van der Waals surface area (Å²) in [5, 5.41) is 0. The molecule has 0 aliphatic rings. The zero-order chi connectivity index (χ0) is 12.9. The van der Waals surface area contributed by atoms with Crippen molar-refractivity contribution >= 4 is 21.6 Å². The highest BCUT2D eigenvalue weighted by Crippen LogP contribution is 2.22. The molecule has 5 heteroatoms. The highest BCUT2D eigenvalue weighted by Gasteiger charge is 2.09. The summed E-state index contributed by atoms with van der Waals surface area (Å²) < 4.78 is 22.0. The first kappa shape index (κ1) is 14.5. The van der Waals surface area contributed by atoms with E-state index in [1.54, 1.807) is 11.8 Å². The van der Waals surface area contributed by atoms with Gasteiger partial charge >= 0.3 is 0 Å². The molecule has 0 aliphatic heterocycles. The molecular weight excluding hydrogens is 254 g/mol. The van der Waals surface area contributed by atoms with Gasteiger partial charge in [0.05, 0.1) is 5.75 Å².